The Morgan fingerprint density at radius 2 is 2.31 bits per heavy atom. The van der Waals surface area contributed by atoms with Gasteiger partial charge in [-0.2, -0.15) is 10.2 Å². The van der Waals surface area contributed by atoms with Crippen molar-refractivity contribution in [2.24, 2.45) is 17.6 Å². The van der Waals surface area contributed by atoms with Crippen LogP contribution in [0.5, 0.6) is 0 Å². The van der Waals surface area contributed by atoms with Crippen LogP contribution in [0.3, 0.4) is 0 Å². The van der Waals surface area contributed by atoms with Gasteiger partial charge in [-0.1, -0.05) is 13.8 Å². The van der Waals surface area contributed by atoms with Crippen LogP contribution in [0.4, 0.5) is 0 Å². The summed E-state index contributed by atoms with van der Waals surface area (Å²) < 4.78 is 0. The topological polar surface area (TPSA) is 80.9 Å². The molecule has 0 aliphatic carbocycles. The third-order valence-corrected chi connectivity index (χ3v) is 2.47. The van der Waals surface area contributed by atoms with E-state index in [0.29, 0.717) is 13.1 Å². The molecule has 3 N–H and O–H groups in total. The van der Waals surface area contributed by atoms with Crippen molar-refractivity contribution in [2.45, 2.75) is 20.4 Å². The Kier molecular flexibility index (Phi) is 4.85. The number of hydrogen-bond acceptors (Lipinski definition) is 4. The standard InChI is InChI=1S/C11H18N4O/c1-8(2)10(6-12)11(16)13-7-9-4-3-5-14-15-9/h3-5,8,10H,6-7,12H2,1-2H3,(H,13,16). The van der Waals surface area contributed by atoms with Crippen molar-refractivity contribution < 1.29 is 4.79 Å². The Morgan fingerprint density at radius 1 is 1.56 bits per heavy atom. The molecule has 1 heterocycles. The first kappa shape index (κ1) is 12.6. The van der Waals surface area contributed by atoms with Crippen LogP contribution >= 0.6 is 0 Å². The molecule has 0 saturated heterocycles. The zero-order chi connectivity index (χ0) is 12.0. The summed E-state index contributed by atoms with van der Waals surface area (Å²) in [5.41, 5.74) is 6.30. The largest absolute Gasteiger partial charge is 0.350 e. The van der Waals surface area contributed by atoms with E-state index in [-0.39, 0.29) is 17.7 Å². The molecule has 0 aliphatic heterocycles. The van der Waals surface area contributed by atoms with Crippen LogP contribution in [0.2, 0.25) is 0 Å². The van der Waals surface area contributed by atoms with Gasteiger partial charge in [-0.15, -0.1) is 0 Å². The summed E-state index contributed by atoms with van der Waals surface area (Å²) in [5.74, 6) is 0.0756. The van der Waals surface area contributed by atoms with Gasteiger partial charge in [0, 0.05) is 12.7 Å². The lowest BCUT2D eigenvalue weighted by Gasteiger charge is -2.17. The number of nitrogens with two attached hydrogens (primary N) is 1. The number of nitrogens with zero attached hydrogens (tertiary/aromatic N) is 2. The number of rotatable bonds is 5. The highest BCUT2D eigenvalue weighted by atomic mass is 16.1. The summed E-state index contributed by atoms with van der Waals surface area (Å²) in [5, 5.41) is 10.4. The van der Waals surface area contributed by atoms with Gasteiger partial charge in [-0.3, -0.25) is 4.79 Å². The van der Waals surface area contributed by atoms with Crippen molar-refractivity contribution in [1.29, 1.82) is 0 Å². The molecule has 1 aromatic rings. The summed E-state index contributed by atoms with van der Waals surface area (Å²) in [4.78, 5) is 11.7. The molecule has 5 heteroatoms. The number of hydrogen-bond donors (Lipinski definition) is 2. The van der Waals surface area contributed by atoms with Gasteiger partial charge in [0.15, 0.2) is 0 Å². The van der Waals surface area contributed by atoms with E-state index in [0.717, 1.165) is 5.69 Å². The Labute approximate surface area is 95.4 Å². The Bertz CT molecular complexity index is 326. The van der Waals surface area contributed by atoms with E-state index in [1.54, 1.807) is 12.3 Å². The van der Waals surface area contributed by atoms with E-state index >= 15 is 0 Å². The predicted molar refractivity (Wildman–Crippen MR) is 61.3 cm³/mol. The molecule has 1 rings (SSSR count). The molecule has 5 nitrogen and oxygen atoms in total. The van der Waals surface area contributed by atoms with Gasteiger partial charge in [-0.25, -0.2) is 0 Å². The van der Waals surface area contributed by atoms with E-state index in [1.807, 2.05) is 19.9 Å². The van der Waals surface area contributed by atoms with Crippen LogP contribution in [-0.2, 0) is 11.3 Å². The van der Waals surface area contributed by atoms with E-state index in [2.05, 4.69) is 15.5 Å². The average Bonchev–Trinajstić information content (AvgIpc) is 2.28. The third-order valence-electron chi connectivity index (χ3n) is 2.47. The monoisotopic (exact) mass is 222 g/mol. The van der Waals surface area contributed by atoms with Crippen molar-refractivity contribution in [1.82, 2.24) is 15.5 Å². The zero-order valence-electron chi connectivity index (χ0n) is 9.68. The summed E-state index contributed by atoms with van der Waals surface area (Å²) in [6.07, 6.45) is 1.60. The summed E-state index contributed by atoms with van der Waals surface area (Å²) in [7, 11) is 0. The molecule has 0 radical (unpaired) electrons. The van der Waals surface area contributed by atoms with Gasteiger partial charge in [0.1, 0.15) is 0 Å². The molecule has 1 atom stereocenters. The fourth-order valence-corrected chi connectivity index (χ4v) is 1.42. The van der Waals surface area contributed by atoms with Gasteiger partial charge < -0.3 is 11.1 Å². The van der Waals surface area contributed by atoms with Crippen molar-refractivity contribution >= 4 is 5.91 Å². The minimum absolute atomic E-state index is 0.0249. The molecule has 0 saturated carbocycles. The second kappa shape index (κ2) is 6.17. The lowest BCUT2D eigenvalue weighted by molar-refractivity contribution is -0.126. The molecule has 0 fully saturated rings. The maximum atomic E-state index is 11.7. The van der Waals surface area contributed by atoms with Gasteiger partial charge in [0.05, 0.1) is 18.2 Å². The lowest BCUT2D eigenvalue weighted by atomic mass is 9.95. The van der Waals surface area contributed by atoms with E-state index in [4.69, 9.17) is 5.73 Å². The minimum Gasteiger partial charge on any atom is -0.350 e. The Hall–Kier alpha value is -1.49. The molecule has 0 spiro atoms. The van der Waals surface area contributed by atoms with Gasteiger partial charge in [-0.05, 0) is 18.1 Å². The first-order valence-corrected chi connectivity index (χ1v) is 5.39. The first-order valence-electron chi connectivity index (χ1n) is 5.39. The second-order valence-corrected chi connectivity index (χ2v) is 4.02. The molecule has 0 bridgehead atoms. The highest BCUT2D eigenvalue weighted by molar-refractivity contribution is 5.79. The number of aromatic nitrogens is 2. The summed E-state index contributed by atoms with van der Waals surface area (Å²) in [6, 6.07) is 3.61. The second-order valence-electron chi connectivity index (χ2n) is 4.02. The van der Waals surface area contributed by atoms with Crippen LogP contribution in [0.25, 0.3) is 0 Å². The summed E-state index contributed by atoms with van der Waals surface area (Å²) in [6.45, 7) is 4.73. The maximum absolute atomic E-state index is 11.7. The quantitative estimate of drug-likeness (QED) is 0.752. The number of carbonyl (C=O) groups excluding carboxylic acids is 1. The SMILES string of the molecule is CC(C)C(CN)C(=O)NCc1cccnn1. The zero-order valence-corrected chi connectivity index (χ0v) is 9.68. The molecule has 1 unspecified atom stereocenters. The maximum Gasteiger partial charge on any atom is 0.224 e. The molecular weight excluding hydrogens is 204 g/mol. The number of nitrogens with one attached hydrogen (secondary N) is 1. The van der Waals surface area contributed by atoms with Crippen molar-refractivity contribution in [3.8, 4) is 0 Å². The summed E-state index contributed by atoms with van der Waals surface area (Å²) >= 11 is 0. The van der Waals surface area contributed by atoms with Gasteiger partial charge >= 0.3 is 0 Å². The number of carbonyl (C=O) groups is 1. The van der Waals surface area contributed by atoms with Crippen LogP contribution in [0.1, 0.15) is 19.5 Å². The highest BCUT2D eigenvalue weighted by Gasteiger charge is 2.19. The first-order chi connectivity index (χ1) is 7.65. The Balaban J connectivity index is 2.46. The van der Waals surface area contributed by atoms with Crippen molar-refractivity contribution in [2.75, 3.05) is 6.54 Å². The third kappa shape index (κ3) is 3.58. The molecule has 0 aromatic carbocycles. The highest BCUT2D eigenvalue weighted by Crippen LogP contribution is 2.09. The van der Waals surface area contributed by atoms with E-state index in [1.165, 1.54) is 0 Å². The van der Waals surface area contributed by atoms with Crippen molar-refractivity contribution in [3.63, 3.8) is 0 Å². The molecule has 1 amide bonds. The van der Waals surface area contributed by atoms with Crippen molar-refractivity contribution in [3.05, 3.63) is 24.0 Å². The Morgan fingerprint density at radius 3 is 2.81 bits per heavy atom. The fourth-order valence-electron chi connectivity index (χ4n) is 1.42. The van der Waals surface area contributed by atoms with Crippen LogP contribution < -0.4 is 11.1 Å². The van der Waals surface area contributed by atoms with E-state index < -0.39 is 0 Å². The predicted octanol–water partition coefficient (Wildman–Crippen LogP) is 0.324. The van der Waals surface area contributed by atoms with Gasteiger partial charge in [0.2, 0.25) is 5.91 Å². The lowest BCUT2D eigenvalue weighted by Crippen LogP contribution is -2.37. The molecule has 16 heavy (non-hydrogen) atoms. The average molecular weight is 222 g/mol. The number of amides is 1. The van der Waals surface area contributed by atoms with E-state index in [9.17, 15) is 4.79 Å². The van der Waals surface area contributed by atoms with Crippen LogP contribution in [-0.4, -0.2) is 22.6 Å². The molecular formula is C11H18N4O. The van der Waals surface area contributed by atoms with Crippen LogP contribution in [0.15, 0.2) is 18.3 Å². The molecule has 88 valence electrons. The minimum atomic E-state index is -0.142. The normalized spacial score (nSPS) is 12.5. The van der Waals surface area contributed by atoms with Gasteiger partial charge in [0.25, 0.3) is 0 Å². The fraction of sp³-hybridized carbons (Fsp3) is 0.545. The molecule has 1 aromatic heterocycles. The smallest absolute Gasteiger partial charge is 0.224 e. The van der Waals surface area contributed by atoms with Crippen LogP contribution in [0, 0.1) is 11.8 Å². The molecule has 0 aliphatic rings.